The summed E-state index contributed by atoms with van der Waals surface area (Å²) in [5, 5.41) is 13.8. The molecule has 0 spiro atoms. The number of hydrazine groups is 1. The van der Waals surface area contributed by atoms with Crippen LogP contribution in [0.5, 0.6) is 0 Å². The number of anilines is 1. The highest BCUT2D eigenvalue weighted by Gasteiger charge is 2.26. The molecule has 1 amide bonds. The van der Waals surface area contributed by atoms with Gasteiger partial charge in [-0.15, -0.1) is 0 Å². The molecule has 6 nitrogen and oxygen atoms in total. The average molecular weight is 208 g/mol. The fraction of sp³-hybridized carbons (Fsp3) is 0.333. The lowest BCUT2D eigenvalue weighted by molar-refractivity contribution is -0.590. The highest BCUT2D eigenvalue weighted by atomic mass is 16.5. The van der Waals surface area contributed by atoms with Gasteiger partial charge in [-0.2, -0.15) is 0 Å². The molecule has 1 saturated heterocycles. The lowest BCUT2D eigenvalue weighted by atomic mass is 10.2. The number of carbonyl (C=O) groups excluding carboxylic acids is 1. The summed E-state index contributed by atoms with van der Waals surface area (Å²) >= 11 is 0. The van der Waals surface area contributed by atoms with Crippen LogP contribution in [0.15, 0.2) is 24.4 Å². The van der Waals surface area contributed by atoms with Crippen LogP contribution in [-0.2, 0) is 4.79 Å². The zero-order valence-electron chi connectivity index (χ0n) is 8.06. The van der Waals surface area contributed by atoms with E-state index in [0.29, 0.717) is 4.73 Å². The summed E-state index contributed by atoms with van der Waals surface area (Å²) in [7, 11) is 0. The molecule has 1 aliphatic heterocycles. The van der Waals surface area contributed by atoms with E-state index in [0.717, 1.165) is 13.0 Å². The molecular weight excluding hydrogens is 196 g/mol. The topological polar surface area (TPSA) is 80.1 Å². The minimum Gasteiger partial charge on any atom is -0.711 e. The number of nitrogens with one attached hydrogen (secondary N) is 3. The van der Waals surface area contributed by atoms with Crippen molar-refractivity contribution in [1.29, 1.82) is 0 Å². The second-order valence-corrected chi connectivity index (χ2v) is 3.31. The predicted octanol–water partition coefficient (Wildman–Crippen LogP) is -0.875. The lowest BCUT2D eigenvalue weighted by Gasteiger charge is -2.09. The smallest absolute Gasteiger partial charge is 0.325 e. The summed E-state index contributed by atoms with van der Waals surface area (Å²) in [4.78, 5) is 11.6. The van der Waals surface area contributed by atoms with Crippen molar-refractivity contribution in [3.8, 4) is 0 Å². The SMILES string of the molecule is O=C(Nc1cccc[n+]1[O-])C1CCNN1. The van der Waals surface area contributed by atoms with E-state index in [4.69, 9.17) is 0 Å². The van der Waals surface area contributed by atoms with Gasteiger partial charge in [-0.05, 0) is 12.5 Å². The first-order valence-electron chi connectivity index (χ1n) is 4.75. The summed E-state index contributed by atoms with van der Waals surface area (Å²) < 4.78 is 0.625. The van der Waals surface area contributed by atoms with Gasteiger partial charge in [0.25, 0.3) is 5.82 Å². The summed E-state index contributed by atoms with van der Waals surface area (Å²) in [6.45, 7) is 0.754. The predicted molar refractivity (Wildman–Crippen MR) is 53.6 cm³/mol. The molecule has 3 N–H and O–H groups in total. The van der Waals surface area contributed by atoms with Gasteiger partial charge in [0.05, 0.1) is 6.20 Å². The van der Waals surface area contributed by atoms with Crippen molar-refractivity contribution in [2.75, 3.05) is 11.9 Å². The molecule has 0 saturated carbocycles. The van der Waals surface area contributed by atoms with Crippen LogP contribution in [0.1, 0.15) is 6.42 Å². The fourth-order valence-electron chi connectivity index (χ4n) is 1.42. The van der Waals surface area contributed by atoms with Gasteiger partial charge in [0, 0.05) is 12.6 Å². The van der Waals surface area contributed by atoms with Gasteiger partial charge in [0.1, 0.15) is 6.04 Å². The van der Waals surface area contributed by atoms with E-state index in [1.165, 1.54) is 6.20 Å². The van der Waals surface area contributed by atoms with Gasteiger partial charge < -0.3 is 5.21 Å². The zero-order valence-corrected chi connectivity index (χ0v) is 8.06. The van der Waals surface area contributed by atoms with Crippen LogP contribution in [0, 0.1) is 5.21 Å². The van der Waals surface area contributed by atoms with Crippen LogP contribution in [-0.4, -0.2) is 18.5 Å². The van der Waals surface area contributed by atoms with Crippen LogP contribution in [0.25, 0.3) is 0 Å². The number of hydrogen-bond donors (Lipinski definition) is 3. The molecule has 6 heteroatoms. The van der Waals surface area contributed by atoms with Crippen LogP contribution in [0.3, 0.4) is 0 Å². The Bertz CT molecular complexity index is 363. The molecule has 0 radical (unpaired) electrons. The molecule has 15 heavy (non-hydrogen) atoms. The minimum atomic E-state index is -0.273. The summed E-state index contributed by atoms with van der Waals surface area (Å²) in [6.07, 6.45) is 2.06. The van der Waals surface area contributed by atoms with Crippen molar-refractivity contribution in [2.45, 2.75) is 12.5 Å². The Hall–Kier alpha value is -1.66. The molecule has 2 heterocycles. The maximum absolute atomic E-state index is 11.6. The number of pyridine rings is 1. The Kier molecular flexibility index (Phi) is 2.79. The zero-order chi connectivity index (χ0) is 10.7. The van der Waals surface area contributed by atoms with Crippen molar-refractivity contribution >= 4 is 11.7 Å². The fourth-order valence-corrected chi connectivity index (χ4v) is 1.42. The largest absolute Gasteiger partial charge is 0.711 e. The summed E-state index contributed by atoms with van der Waals surface area (Å²) in [6, 6.07) is 4.60. The summed E-state index contributed by atoms with van der Waals surface area (Å²) in [5.74, 6) is 0.0481. The highest BCUT2D eigenvalue weighted by molar-refractivity contribution is 5.93. The van der Waals surface area contributed by atoms with Crippen molar-refractivity contribution < 1.29 is 9.52 Å². The van der Waals surface area contributed by atoms with Crippen molar-refractivity contribution in [3.05, 3.63) is 29.6 Å². The third kappa shape index (κ3) is 2.23. The molecule has 1 unspecified atom stereocenters. The third-order valence-electron chi connectivity index (χ3n) is 2.23. The van der Waals surface area contributed by atoms with Gasteiger partial charge in [0.15, 0.2) is 0 Å². The molecule has 1 atom stereocenters. The van der Waals surface area contributed by atoms with Crippen LogP contribution >= 0.6 is 0 Å². The van der Waals surface area contributed by atoms with Crippen LogP contribution in [0.2, 0.25) is 0 Å². The number of amides is 1. The standard InChI is InChI=1S/C9H12N4O2/c14-9(7-4-5-10-12-7)11-8-3-1-2-6-13(8)15/h1-3,6-7,10,12H,4-5H2,(H,11,14). The van der Waals surface area contributed by atoms with E-state index in [-0.39, 0.29) is 17.8 Å². The number of nitrogens with zero attached hydrogens (tertiary/aromatic N) is 1. The van der Waals surface area contributed by atoms with E-state index >= 15 is 0 Å². The first-order valence-corrected chi connectivity index (χ1v) is 4.75. The number of aromatic nitrogens is 1. The van der Waals surface area contributed by atoms with E-state index in [1.807, 2.05) is 0 Å². The molecule has 80 valence electrons. The van der Waals surface area contributed by atoms with E-state index in [2.05, 4.69) is 16.2 Å². The van der Waals surface area contributed by atoms with Gasteiger partial charge in [0.2, 0.25) is 0 Å². The number of hydrogen-bond acceptors (Lipinski definition) is 4. The Labute approximate surface area is 86.8 Å². The molecule has 1 fully saturated rings. The van der Waals surface area contributed by atoms with E-state index < -0.39 is 0 Å². The van der Waals surface area contributed by atoms with Crippen molar-refractivity contribution in [1.82, 2.24) is 10.9 Å². The first kappa shape index (κ1) is 9.88. The first-order chi connectivity index (χ1) is 7.27. The maximum atomic E-state index is 11.6. The minimum absolute atomic E-state index is 0.198. The maximum Gasteiger partial charge on any atom is 0.325 e. The molecule has 0 aromatic carbocycles. The number of rotatable bonds is 2. The second kappa shape index (κ2) is 4.24. The van der Waals surface area contributed by atoms with Gasteiger partial charge in [-0.1, -0.05) is 6.07 Å². The van der Waals surface area contributed by atoms with E-state index in [9.17, 15) is 10.0 Å². The van der Waals surface area contributed by atoms with E-state index in [1.54, 1.807) is 18.2 Å². The molecular formula is C9H12N4O2. The van der Waals surface area contributed by atoms with Crippen LogP contribution in [0.4, 0.5) is 5.82 Å². The quantitative estimate of drug-likeness (QED) is 0.436. The molecule has 1 aromatic heterocycles. The van der Waals surface area contributed by atoms with Gasteiger partial charge in [-0.25, -0.2) is 20.3 Å². The Morgan fingerprint density at radius 2 is 2.47 bits per heavy atom. The lowest BCUT2D eigenvalue weighted by Crippen LogP contribution is -2.42. The highest BCUT2D eigenvalue weighted by Crippen LogP contribution is 2.02. The van der Waals surface area contributed by atoms with Crippen molar-refractivity contribution in [2.24, 2.45) is 0 Å². The Morgan fingerprint density at radius 1 is 1.60 bits per heavy atom. The molecule has 1 aromatic rings. The summed E-state index contributed by atoms with van der Waals surface area (Å²) in [5.41, 5.74) is 5.68. The second-order valence-electron chi connectivity index (χ2n) is 3.31. The monoisotopic (exact) mass is 208 g/mol. The molecule has 0 aliphatic carbocycles. The van der Waals surface area contributed by atoms with Gasteiger partial charge in [-0.3, -0.25) is 5.43 Å². The normalized spacial score (nSPS) is 20.1. The molecule has 2 rings (SSSR count). The van der Waals surface area contributed by atoms with Crippen LogP contribution < -0.4 is 20.9 Å². The number of carbonyl (C=O) groups is 1. The Balaban J connectivity index is 2.02. The molecule has 1 aliphatic rings. The van der Waals surface area contributed by atoms with Crippen molar-refractivity contribution in [3.63, 3.8) is 0 Å². The third-order valence-corrected chi connectivity index (χ3v) is 2.23. The average Bonchev–Trinajstić information content (AvgIpc) is 2.74. The Morgan fingerprint density at radius 3 is 3.13 bits per heavy atom. The molecule has 0 bridgehead atoms. The van der Waals surface area contributed by atoms with Gasteiger partial charge >= 0.3 is 5.91 Å².